The molecular formula is C22H20F2N2O3. The van der Waals surface area contributed by atoms with Crippen LogP contribution in [0.2, 0.25) is 0 Å². The Morgan fingerprint density at radius 2 is 1.69 bits per heavy atom. The number of carbonyl (C=O) groups excluding carboxylic acids is 2. The highest BCUT2D eigenvalue weighted by Gasteiger charge is 2.19. The SMILES string of the molecule is Cc1ccc(NC(=O)COC(=O)c2cc(C)n(-c3ccc(F)cc3)c2C)cc1F. The average molecular weight is 398 g/mol. The van der Waals surface area contributed by atoms with Gasteiger partial charge in [-0.25, -0.2) is 13.6 Å². The van der Waals surface area contributed by atoms with Crippen LogP contribution in [0.4, 0.5) is 14.5 Å². The molecule has 0 bridgehead atoms. The number of carbonyl (C=O) groups is 2. The molecule has 0 unspecified atom stereocenters. The van der Waals surface area contributed by atoms with Crippen molar-refractivity contribution in [2.24, 2.45) is 0 Å². The summed E-state index contributed by atoms with van der Waals surface area (Å²) in [5, 5.41) is 2.48. The van der Waals surface area contributed by atoms with Crippen molar-refractivity contribution in [2.75, 3.05) is 11.9 Å². The fourth-order valence-electron chi connectivity index (χ4n) is 3.03. The van der Waals surface area contributed by atoms with E-state index in [0.29, 0.717) is 22.5 Å². The first-order valence-electron chi connectivity index (χ1n) is 8.94. The van der Waals surface area contributed by atoms with Gasteiger partial charge in [-0.2, -0.15) is 0 Å². The highest BCUT2D eigenvalue weighted by atomic mass is 19.1. The number of amides is 1. The minimum absolute atomic E-state index is 0.281. The molecule has 0 fully saturated rings. The van der Waals surface area contributed by atoms with E-state index in [0.717, 1.165) is 5.69 Å². The number of esters is 1. The van der Waals surface area contributed by atoms with Crippen LogP contribution in [-0.4, -0.2) is 23.1 Å². The summed E-state index contributed by atoms with van der Waals surface area (Å²) in [6.07, 6.45) is 0. The van der Waals surface area contributed by atoms with E-state index >= 15 is 0 Å². The number of aryl methyl sites for hydroxylation is 2. The van der Waals surface area contributed by atoms with Gasteiger partial charge in [0.1, 0.15) is 11.6 Å². The monoisotopic (exact) mass is 398 g/mol. The average Bonchev–Trinajstić information content (AvgIpc) is 2.98. The summed E-state index contributed by atoms with van der Waals surface area (Å²) in [5.74, 6) is -2.02. The number of hydrogen-bond donors (Lipinski definition) is 1. The second kappa shape index (κ2) is 8.26. The number of halogens is 2. The molecule has 5 nitrogen and oxygen atoms in total. The molecule has 1 aromatic heterocycles. The topological polar surface area (TPSA) is 60.3 Å². The summed E-state index contributed by atoms with van der Waals surface area (Å²) < 4.78 is 33.6. The standard InChI is InChI=1S/C22H20F2N2O3/c1-13-4-7-17(11-20(13)24)25-21(27)12-29-22(28)19-10-14(2)26(15(19)3)18-8-5-16(23)6-9-18/h4-11H,12H2,1-3H3,(H,25,27). The Kier molecular flexibility index (Phi) is 5.77. The third-order valence-electron chi connectivity index (χ3n) is 4.53. The Balaban J connectivity index is 1.68. The van der Waals surface area contributed by atoms with Gasteiger partial charge in [-0.3, -0.25) is 4.79 Å². The third-order valence-corrected chi connectivity index (χ3v) is 4.53. The zero-order valence-corrected chi connectivity index (χ0v) is 16.3. The predicted molar refractivity (Wildman–Crippen MR) is 105 cm³/mol. The summed E-state index contributed by atoms with van der Waals surface area (Å²) in [4.78, 5) is 24.4. The van der Waals surface area contributed by atoms with E-state index in [1.54, 1.807) is 48.7 Å². The number of aromatic nitrogens is 1. The number of hydrogen-bond acceptors (Lipinski definition) is 3. The van der Waals surface area contributed by atoms with Gasteiger partial charge in [0.15, 0.2) is 6.61 Å². The summed E-state index contributed by atoms with van der Waals surface area (Å²) in [7, 11) is 0. The summed E-state index contributed by atoms with van der Waals surface area (Å²) in [6, 6.07) is 11.8. The molecular weight excluding hydrogens is 378 g/mol. The molecule has 1 amide bonds. The highest BCUT2D eigenvalue weighted by molar-refractivity contribution is 5.96. The smallest absolute Gasteiger partial charge is 0.340 e. The van der Waals surface area contributed by atoms with E-state index in [9.17, 15) is 18.4 Å². The first kappa shape index (κ1) is 20.3. The molecule has 150 valence electrons. The Bertz CT molecular complexity index is 1070. The maximum Gasteiger partial charge on any atom is 0.340 e. The Morgan fingerprint density at radius 3 is 2.34 bits per heavy atom. The quantitative estimate of drug-likeness (QED) is 0.645. The molecule has 0 spiro atoms. The van der Waals surface area contributed by atoms with Gasteiger partial charge >= 0.3 is 5.97 Å². The molecule has 0 saturated heterocycles. The third kappa shape index (κ3) is 4.51. The van der Waals surface area contributed by atoms with Gasteiger partial charge in [-0.05, 0) is 68.8 Å². The van der Waals surface area contributed by atoms with Gasteiger partial charge in [0, 0.05) is 22.8 Å². The van der Waals surface area contributed by atoms with E-state index < -0.39 is 24.3 Å². The second-order valence-corrected chi connectivity index (χ2v) is 6.68. The molecule has 0 aliphatic carbocycles. The molecule has 0 radical (unpaired) electrons. The fraction of sp³-hybridized carbons (Fsp3) is 0.182. The van der Waals surface area contributed by atoms with E-state index in [4.69, 9.17) is 4.74 Å². The predicted octanol–water partition coefficient (Wildman–Crippen LogP) is 4.48. The van der Waals surface area contributed by atoms with Crippen molar-refractivity contribution in [1.82, 2.24) is 4.57 Å². The van der Waals surface area contributed by atoms with E-state index in [1.807, 2.05) is 6.92 Å². The molecule has 3 rings (SSSR count). The van der Waals surface area contributed by atoms with Crippen LogP contribution in [0.5, 0.6) is 0 Å². The van der Waals surface area contributed by atoms with Crippen LogP contribution in [0, 0.1) is 32.4 Å². The normalized spacial score (nSPS) is 10.7. The van der Waals surface area contributed by atoms with Crippen LogP contribution >= 0.6 is 0 Å². The minimum atomic E-state index is -0.656. The van der Waals surface area contributed by atoms with Crippen LogP contribution in [0.1, 0.15) is 27.3 Å². The number of ether oxygens (including phenoxy) is 1. The van der Waals surface area contributed by atoms with Crippen LogP contribution in [-0.2, 0) is 9.53 Å². The van der Waals surface area contributed by atoms with Crippen molar-refractivity contribution >= 4 is 17.6 Å². The summed E-state index contributed by atoms with van der Waals surface area (Å²) in [6.45, 7) is 4.66. The lowest BCUT2D eigenvalue weighted by molar-refractivity contribution is -0.119. The molecule has 0 aliphatic rings. The molecule has 0 atom stereocenters. The molecule has 7 heteroatoms. The second-order valence-electron chi connectivity index (χ2n) is 6.68. The zero-order valence-electron chi connectivity index (χ0n) is 16.3. The van der Waals surface area contributed by atoms with Gasteiger partial charge in [0.05, 0.1) is 5.56 Å². The molecule has 1 N–H and O–H groups in total. The molecule has 0 saturated carbocycles. The van der Waals surface area contributed by atoms with Gasteiger partial charge in [-0.1, -0.05) is 6.07 Å². The fourth-order valence-corrected chi connectivity index (χ4v) is 3.03. The van der Waals surface area contributed by atoms with Crippen molar-refractivity contribution in [2.45, 2.75) is 20.8 Å². The Hall–Kier alpha value is -3.48. The van der Waals surface area contributed by atoms with E-state index in [-0.39, 0.29) is 11.5 Å². The lowest BCUT2D eigenvalue weighted by Gasteiger charge is -2.10. The van der Waals surface area contributed by atoms with Crippen LogP contribution in [0.3, 0.4) is 0 Å². The first-order valence-corrected chi connectivity index (χ1v) is 8.94. The molecule has 3 aromatic rings. The Morgan fingerprint density at radius 1 is 1.00 bits per heavy atom. The van der Waals surface area contributed by atoms with Crippen LogP contribution in [0.25, 0.3) is 5.69 Å². The molecule has 1 heterocycles. The van der Waals surface area contributed by atoms with Gasteiger partial charge in [-0.15, -0.1) is 0 Å². The number of benzene rings is 2. The van der Waals surface area contributed by atoms with Crippen molar-refractivity contribution in [3.8, 4) is 5.69 Å². The number of rotatable bonds is 5. The first-order chi connectivity index (χ1) is 13.8. The maximum atomic E-state index is 13.6. The summed E-state index contributed by atoms with van der Waals surface area (Å²) in [5.41, 5.74) is 3.14. The van der Waals surface area contributed by atoms with Gasteiger partial charge < -0.3 is 14.6 Å². The van der Waals surface area contributed by atoms with Gasteiger partial charge in [0.2, 0.25) is 0 Å². The van der Waals surface area contributed by atoms with Crippen molar-refractivity contribution < 1.29 is 23.1 Å². The maximum absolute atomic E-state index is 13.6. The number of nitrogens with one attached hydrogen (secondary N) is 1. The van der Waals surface area contributed by atoms with E-state index in [1.165, 1.54) is 18.2 Å². The molecule has 2 aromatic carbocycles. The van der Waals surface area contributed by atoms with Gasteiger partial charge in [0.25, 0.3) is 5.91 Å². The van der Waals surface area contributed by atoms with Crippen molar-refractivity contribution in [3.05, 3.63) is 82.7 Å². The number of nitrogens with zero attached hydrogens (tertiary/aromatic N) is 1. The van der Waals surface area contributed by atoms with E-state index in [2.05, 4.69) is 5.32 Å². The Labute approximate surface area is 166 Å². The van der Waals surface area contributed by atoms with Crippen LogP contribution in [0.15, 0.2) is 48.5 Å². The van der Waals surface area contributed by atoms with Crippen molar-refractivity contribution in [1.29, 1.82) is 0 Å². The zero-order chi connectivity index (χ0) is 21.1. The molecule has 0 aliphatic heterocycles. The number of anilines is 1. The van der Waals surface area contributed by atoms with Crippen molar-refractivity contribution in [3.63, 3.8) is 0 Å². The summed E-state index contributed by atoms with van der Waals surface area (Å²) >= 11 is 0. The lowest BCUT2D eigenvalue weighted by atomic mass is 10.2. The highest BCUT2D eigenvalue weighted by Crippen LogP contribution is 2.22. The largest absolute Gasteiger partial charge is 0.452 e. The minimum Gasteiger partial charge on any atom is -0.452 e. The molecule has 29 heavy (non-hydrogen) atoms. The lowest BCUT2D eigenvalue weighted by Crippen LogP contribution is -2.21. The van der Waals surface area contributed by atoms with Crippen LogP contribution < -0.4 is 5.32 Å².